The molecule has 0 aromatic carbocycles. The van der Waals surface area contributed by atoms with E-state index in [-0.39, 0.29) is 29.5 Å². The van der Waals surface area contributed by atoms with E-state index in [0.29, 0.717) is 47.3 Å². The summed E-state index contributed by atoms with van der Waals surface area (Å²) >= 11 is 0. The lowest BCUT2D eigenvalue weighted by Crippen LogP contribution is -2.28. The first-order valence-electron chi connectivity index (χ1n) is 12.5. The summed E-state index contributed by atoms with van der Waals surface area (Å²) in [6.07, 6.45) is 10.7. The predicted molar refractivity (Wildman–Crippen MR) is 146 cm³/mol. The molecule has 1 aliphatic carbocycles. The first-order chi connectivity index (χ1) is 18.4. The predicted octanol–water partition coefficient (Wildman–Crippen LogP) is 1.98. The highest BCUT2D eigenvalue weighted by Gasteiger charge is 2.37. The fourth-order valence-electron chi connectivity index (χ4n) is 4.23. The molecule has 0 radical (unpaired) electrons. The number of carbonyl (C=O) groups is 1. The van der Waals surface area contributed by atoms with Gasteiger partial charge in [0, 0.05) is 54.9 Å². The van der Waals surface area contributed by atoms with Gasteiger partial charge >= 0.3 is 0 Å². The molecule has 5 rings (SSSR count). The Labute approximate surface area is 226 Å². The average molecular weight is 572 g/mol. The van der Waals surface area contributed by atoms with Crippen LogP contribution in [0, 0.1) is 0 Å². The zero-order valence-corrected chi connectivity index (χ0v) is 23.4. The standard InChI is InChI=1S/C25H29N7O5S2/c1-16(2)31-15-22(25(33)27-8-9-38(3,34)35)21-13-28-19(11-23(21)31)10-18-6-7-26-24(30-18)17-12-29-32(14-17)39(36,37)20-4-5-20/h6-7,11-16,20H,4-5,8-10H2,1-3H3,(H,27,33). The van der Waals surface area contributed by atoms with E-state index in [1.165, 1.54) is 12.4 Å². The number of nitrogens with one attached hydrogen (secondary N) is 1. The quantitative estimate of drug-likeness (QED) is 0.300. The molecule has 14 heteroatoms. The molecule has 1 fully saturated rings. The Morgan fingerprint density at radius 2 is 1.87 bits per heavy atom. The fourth-order valence-corrected chi connectivity index (χ4v) is 6.18. The van der Waals surface area contributed by atoms with E-state index < -0.39 is 19.9 Å². The third-order valence-electron chi connectivity index (χ3n) is 6.43. The van der Waals surface area contributed by atoms with Crippen LogP contribution in [0.5, 0.6) is 0 Å². The van der Waals surface area contributed by atoms with Crippen LogP contribution in [0.1, 0.15) is 54.5 Å². The maximum atomic E-state index is 12.8. The van der Waals surface area contributed by atoms with Crippen molar-refractivity contribution < 1.29 is 21.6 Å². The minimum Gasteiger partial charge on any atom is -0.351 e. The van der Waals surface area contributed by atoms with Crippen molar-refractivity contribution in [2.45, 2.75) is 44.4 Å². The molecule has 0 atom stereocenters. The number of fused-ring (bicyclic) bond motifs is 1. The molecule has 1 amide bonds. The molecule has 0 unspecified atom stereocenters. The lowest BCUT2D eigenvalue weighted by Gasteiger charge is -2.10. The largest absolute Gasteiger partial charge is 0.351 e. The summed E-state index contributed by atoms with van der Waals surface area (Å²) in [6.45, 7) is 4.04. The van der Waals surface area contributed by atoms with Gasteiger partial charge < -0.3 is 9.88 Å². The third-order valence-corrected chi connectivity index (χ3v) is 9.42. The van der Waals surface area contributed by atoms with Gasteiger partial charge in [0.25, 0.3) is 15.9 Å². The van der Waals surface area contributed by atoms with Crippen molar-refractivity contribution in [3.05, 3.63) is 60.1 Å². The van der Waals surface area contributed by atoms with Gasteiger partial charge in [-0.15, -0.1) is 0 Å². The summed E-state index contributed by atoms with van der Waals surface area (Å²) in [6, 6.07) is 3.74. The number of aromatic nitrogens is 6. The summed E-state index contributed by atoms with van der Waals surface area (Å²) in [5.41, 5.74) is 3.16. The molecule has 0 spiro atoms. The van der Waals surface area contributed by atoms with Gasteiger partial charge in [-0.05, 0) is 38.8 Å². The Balaban J connectivity index is 1.39. The first kappa shape index (κ1) is 26.9. The second-order valence-corrected chi connectivity index (χ2v) is 14.3. The van der Waals surface area contributed by atoms with Crippen LogP contribution in [0.25, 0.3) is 22.3 Å². The van der Waals surface area contributed by atoms with E-state index in [9.17, 15) is 21.6 Å². The molecule has 0 saturated heterocycles. The third kappa shape index (κ3) is 5.86. The summed E-state index contributed by atoms with van der Waals surface area (Å²) in [5.74, 6) is -0.131. The van der Waals surface area contributed by atoms with Crippen LogP contribution in [-0.2, 0) is 26.3 Å². The molecule has 1 saturated carbocycles. The smallest absolute Gasteiger partial charge is 0.256 e. The molecule has 12 nitrogen and oxygen atoms in total. The Hall–Kier alpha value is -3.65. The monoisotopic (exact) mass is 571 g/mol. The molecule has 0 bridgehead atoms. The van der Waals surface area contributed by atoms with Gasteiger partial charge in [-0.2, -0.15) is 9.19 Å². The SMILES string of the molecule is CC(C)n1cc(C(=O)NCCS(C)(=O)=O)c2cnc(Cc3ccnc(-c4cnn(S(=O)(=O)C5CC5)c4)n3)cc21. The number of hydrogen-bond donors (Lipinski definition) is 1. The van der Waals surface area contributed by atoms with Gasteiger partial charge in [-0.3, -0.25) is 9.78 Å². The molecule has 4 aromatic heterocycles. The van der Waals surface area contributed by atoms with Crippen LogP contribution in [0.4, 0.5) is 0 Å². The highest BCUT2D eigenvalue weighted by Crippen LogP contribution is 2.30. The molecule has 1 aliphatic rings. The Morgan fingerprint density at radius 1 is 1.10 bits per heavy atom. The van der Waals surface area contributed by atoms with Crippen molar-refractivity contribution in [2.24, 2.45) is 0 Å². The molecule has 206 valence electrons. The minimum absolute atomic E-state index is 0.0268. The van der Waals surface area contributed by atoms with Crippen LogP contribution in [0.3, 0.4) is 0 Å². The van der Waals surface area contributed by atoms with Gasteiger partial charge in [-0.1, -0.05) is 0 Å². The molecular weight excluding hydrogens is 542 g/mol. The summed E-state index contributed by atoms with van der Waals surface area (Å²) in [5, 5.41) is 6.98. The number of pyridine rings is 1. The van der Waals surface area contributed by atoms with Gasteiger partial charge in [0.2, 0.25) is 0 Å². The van der Waals surface area contributed by atoms with Crippen molar-refractivity contribution in [3.8, 4) is 11.4 Å². The molecular formula is C25H29N7O5S2. The number of sulfone groups is 1. The van der Waals surface area contributed by atoms with E-state index in [1.807, 2.05) is 24.5 Å². The minimum atomic E-state index is -3.48. The topological polar surface area (TPSA) is 159 Å². The Kier molecular flexibility index (Phi) is 7.01. The second kappa shape index (κ2) is 10.2. The Bertz CT molecular complexity index is 1770. The maximum absolute atomic E-state index is 12.8. The van der Waals surface area contributed by atoms with Gasteiger partial charge in [0.15, 0.2) is 5.82 Å². The number of nitrogens with zero attached hydrogens (tertiary/aromatic N) is 6. The van der Waals surface area contributed by atoms with Crippen LogP contribution < -0.4 is 5.32 Å². The molecule has 4 heterocycles. The van der Waals surface area contributed by atoms with Crippen LogP contribution in [-0.4, -0.2) is 75.3 Å². The highest BCUT2D eigenvalue weighted by molar-refractivity contribution is 7.90. The average Bonchev–Trinajstić information content (AvgIpc) is 3.49. The zero-order valence-electron chi connectivity index (χ0n) is 21.8. The Morgan fingerprint density at radius 3 is 2.56 bits per heavy atom. The van der Waals surface area contributed by atoms with Crippen molar-refractivity contribution in [1.29, 1.82) is 0 Å². The maximum Gasteiger partial charge on any atom is 0.256 e. The molecule has 1 N–H and O–H groups in total. The zero-order chi connectivity index (χ0) is 27.9. The molecule has 0 aliphatic heterocycles. The highest BCUT2D eigenvalue weighted by atomic mass is 32.2. The van der Waals surface area contributed by atoms with Crippen molar-refractivity contribution >= 4 is 36.7 Å². The van der Waals surface area contributed by atoms with Gasteiger partial charge in [-0.25, -0.2) is 26.8 Å². The number of carbonyl (C=O) groups excluding carboxylic acids is 1. The summed E-state index contributed by atoms with van der Waals surface area (Å²) < 4.78 is 50.7. The van der Waals surface area contributed by atoms with E-state index in [4.69, 9.17) is 0 Å². The lowest BCUT2D eigenvalue weighted by atomic mass is 10.1. The normalized spacial score (nSPS) is 14.3. The lowest BCUT2D eigenvalue weighted by molar-refractivity contribution is 0.0957. The van der Waals surface area contributed by atoms with E-state index in [1.54, 1.807) is 24.7 Å². The van der Waals surface area contributed by atoms with Crippen molar-refractivity contribution in [2.75, 3.05) is 18.6 Å². The summed E-state index contributed by atoms with van der Waals surface area (Å²) in [4.78, 5) is 26.3. The van der Waals surface area contributed by atoms with Crippen LogP contribution >= 0.6 is 0 Å². The van der Waals surface area contributed by atoms with Gasteiger partial charge in [0.05, 0.1) is 45.7 Å². The van der Waals surface area contributed by atoms with Crippen LogP contribution in [0.15, 0.2) is 43.1 Å². The molecule has 4 aromatic rings. The van der Waals surface area contributed by atoms with Gasteiger partial charge in [0.1, 0.15) is 9.84 Å². The van der Waals surface area contributed by atoms with Crippen LogP contribution in [0.2, 0.25) is 0 Å². The number of hydrogen-bond acceptors (Lipinski definition) is 9. The first-order valence-corrected chi connectivity index (χ1v) is 16.1. The van der Waals surface area contributed by atoms with E-state index in [0.717, 1.165) is 21.6 Å². The van der Waals surface area contributed by atoms with E-state index in [2.05, 4.69) is 25.4 Å². The molecule has 39 heavy (non-hydrogen) atoms. The fraction of sp³-hybridized carbons (Fsp3) is 0.400. The van der Waals surface area contributed by atoms with Crippen molar-refractivity contribution in [3.63, 3.8) is 0 Å². The number of amides is 1. The number of rotatable bonds is 10. The van der Waals surface area contributed by atoms with Crippen molar-refractivity contribution in [1.82, 2.24) is 34.0 Å². The summed E-state index contributed by atoms with van der Waals surface area (Å²) in [7, 11) is -6.67. The van der Waals surface area contributed by atoms with E-state index >= 15 is 0 Å². The second-order valence-electron chi connectivity index (χ2n) is 10.0.